The van der Waals surface area contributed by atoms with Crippen LogP contribution in [0, 0.1) is 0 Å². The first kappa shape index (κ1) is 18.2. The molecule has 2 heterocycles. The molecular formula is C10H15F6O5P. The minimum absolute atomic E-state index is 0.336. The molecule has 22 heavy (non-hydrogen) atoms. The Labute approximate surface area is 122 Å². The van der Waals surface area contributed by atoms with E-state index in [4.69, 9.17) is 18.1 Å². The Hall–Kier alpha value is -0.190. The maximum atomic E-state index is 13.6. The minimum atomic E-state index is -5.72. The molecule has 2 aliphatic heterocycles. The summed E-state index contributed by atoms with van der Waals surface area (Å²) in [6.07, 6.45) is -10.5. The van der Waals surface area contributed by atoms with Gasteiger partial charge in [0.2, 0.25) is 0 Å². The van der Waals surface area contributed by atoms with Crippen molar-refractivity contribution < 1.29 is 49.2 Å². The van der Waals surface area contributed by atoms with Crippen molar-refractivity contribution in [2.24, 2.45) is 0 Å². The number of hydrogen-bond acceptors (Lipinski definition) is 5. The Kier molecular flexibility index (Phi) is 3.85. The van der Waals surface area contributed by atoms with E-state index in [0.717, 1.165) is 0 Å². The first-order chi connectivity index (χ1) is 9.76. The third-order valence-corrected chi connectivity index (χ3v) is 7.89. The van der Waals surface area contributed by atoms with Crippen molar-refractivity contribution in [1.82, 2.24) is 0 Å². The van der Waals surface area contributed by atoms with E-state index in [-0.39, 0.29) is 0 Å². The van der Waals surface area contributed by atoms with E-state index >= 15 is 0 Å². The molecule has 2 unspecified atom stereocenters. The second kappa shape index (κ2) is 4.67. The van der Waals surface area contributed by atoms with Gasteiger partial charge >= 0.3 is 121 Å². The number of hydrogen-bond donors (Lipinski definition) is 0. The molecule has 0 aromatic heterocycles. The Morgan fingerprint density at radius 1 is 1.00 bits per heavy atom. The van der Waals surface area contributed by atoms with E-state index in [1.807, 2.05) is 0 Å². The molecule has 2 saturated heterocycles. The van der Waals surface area contributed by atoms with Crippen LogP contribution in [0.15, 0.2) is 0 Å². The molecule has 0 N–H and O–H groups in total. The van der Waals surface area contributed by atoms with Crippen LogP contribution in [0.1, 0.15) is 20.8 Å². The van der Waals surface area contributed by atoms with Gasteiger partial charge in [-0.25, -0.2) is 0 Å². The van der Waals surface area contributed by atoms with Crippen LogP contribution < -0.4 is 0 Å². The molecule has 0 radical (unpaired) electrons. The van der Waals surface area contributed by atoms with Gasteiger partial charge in [-0.1, -0.05) is 0 Å². The molecule has 2 fully saturated rings. The SMILES string of the molecule is CCOP12(OCCO1)OC(C)(C(F)(F)F)OC2(C)C(F)(F)F. The molecular weight excluding hydrogens is 345 g/mol. The van der Waals surface area contributed by atoms with E-state index < -0.39 is 50.8 Å². The van der Waals surface area contributed by atoms with Crippen LogP contribution in [0.3, 0.4) is 0 Å². The van der Waals surface area contributed by atoms with Gasteiger partial charge in [-0.2, -0.15) is 0 Å². The van der Waals surface area contributed by atoms with Crippen molar-refractivity contribution in [3.05, 3.63) is 0 Å². The molecule has 2 rings (SSSR count). The van der Waals surface area contributed by atoms with E-state index in [1.165, 1.54) is 6.92 Å². The first-order valence-electron chi connectivity index (χ1n) is 6.27. The van der Waals surface area contributed by atoms with Gasteiger partial charge in [0.1, 0.15) is 0 Å². The summed E-state index contributed by atoms with van der Waals surface area (Å²) in [6, 6.07) is 0. The average molecular weight is 360 g/mol. The van der Waals surface area contributed by atoms with Crippen LogP contribution in [0.25, 0.3) is 0 Å². The predicted octanol–water partition coefficient (Wildman–Crippen LogP) is 3.89. The molecule has 2 aliphatic rings. The zero-order valence-electron chi connectivity index (χ0n) is 11.9. The van der Waals surface area contributed by atoms with Gasteiger partial charge in [0.25, 0.3) is 0 Å². The molecule has 2 atom stereocenters. The van der Waals surface area contributed by atoms with Crippen molar-refractivity contribution in [2.45, 2.75) is 44.3 Å². The fourth-order valence-electron chi connectivity index (χ4n) is 2.41. The maximum absolute atomic E-state index is 13.6. The Morgan fingerprint density at radius 2 is 1.50 bits per heavy atom. The summed E-state index contributed by atoms with van der Waals surface area (Å²) in [5.41, 5.74) is 0. The van der Waals surface area contributed by atoms with Crippen molar-refractivity contribution in [2.75, 3.05) is 19.8 Å². The van der Waals surface area contributed by atoms with E-state index in [9.17, 15) is 26.3 Å². The molecule has 132 valence electrons. The summed E-state index contributed by atoms with van der Waals surface area (Å²) in [4.78, 5) is 0. The quantitative estimate of drug-likeness (QED) is 0.552. The van der Waals surface area contributed by atoms with Crippen LogP contribution >= 0.6 is 7.51 Å². The predicted molar refractivity (Wildman–Crippen MR) is 61.5 cm³/mol. The Morgan fingerprint density at radius 3 is 1.86 bits per heavy atom. The molecule has 0 bridgehead atoms. The zero-order valence-corrected chi connectivity index (χ0v) is 12.8. The van der Waals surface area contributed by atoms with Gasteiger partial charge < -0.3 is 0 Å². The monoisotopic (exact) mass is 360 g/mol. The molecule has 0 saturated carbocycles. The third kappa shape index (κ3) is 2.03. The molecule has 0 amide bonds. The second-order valence-corrected chi connectivity index (χ2v) is 8.45. The Balaban J connectivity index is 2.68. The van der Waals surface area contributed by atoms with E-state index in [0.29, 0.717) is 13.8 Å². The molecule has 0 aromatic carbocycles. The number of halogens is 6. The second-order valence-electron chi connectivity index (χ2n) is 5.01. The van der Waals surface area contributed by atoms with Crippen LogP contribution in [-0.4, -0.2) is 43.3 Å². The summed E-state index contributed by atoms with van der Waals surface area (Å²) in [6.45, 7) is 0.795. The van der Waals surface area contributed by atoms with Crippen molar-refractivity contribution in [3.8, 4) is 0 Å². The molecule has 12 heteroatoms. The standard InChI is InChI=1S/C10H15F6O5P/c1-4-17-22(18-5-6-19-22)8(3,10(14,15)16)20-7(2,21-22)9(11,12)13/h4-6H2,1-3H3. The van der Waals surface area contributed by atoms with Crippen LogP contribution in [-0.2, 0) is 22.8 Å². The fraction of sp³-hybridized carbons (Fsp3) is 1.00. The van der Waals surface area contributed by atoms with E-state index in [2.05, 4.69) is 4.74 Å². The molecule has 1 spiro atoms. The van der Waals surface area contributed by atoms with Gasteiger partial charge in [0.05, 0.1) is 0 Å². The van der Waals surface area contributed by atoms with Gasteiger partial charge in [-0.05, 0) is 0 Å². The van der Waals surface area contributed by atoms with Crippen LogP contribution in [0.2, 0.25) is 0 Å². The summed E-state index contributed by atoms with van der Waals surface area (Å²) in [7, 11) is -5.72. The topological polar surface area (TPSA) is 46.2 Å². The number of ether oxygens (including phenoxy) is 1. The fourth-order valence-corrected chi connectivity index (χ4v) is 6.41. The molecule has 0 aliphatic carbocycles. The number of alkyl halides is 6. The van der Waals surface area contributed by atoms with E-state index in [1.54, 1.807) is 0 Å². The first-order valence-corrected chi connectivity index (χ1v) is 8.18. The van der Waals surface area contributed by atoms with Crippen LogP contribution in [0.4, 0.5) is 26.3 Å². The summed E-state index contributed by atoms with van der Waals surface area (Å²) >= 11 is 0. The molecule has 5 nitrogen and oxygen atoms in total. The summed E-state index contributed by atoms with van der Waals surface area (Å²) < 4.78 is 104. The molecule has 0 aromatic rings. The van der Waals surface area contributed by atoms with Crippen LogP contribution in [0.5, 0.6) is 0 Å². The van der Waals surface area contributed by atoms with Crippen molar-refractivity contribution in [1.29, 1.82) is 0 Å². The van der Waals surface area contributed by atoms with Gasteiger partial charge in [0.15, 0.2) is 0 Å². The normalized spacial score (nSPS) is 39.8. The van der Waals surface area contributed by atoms with Crippen molar-refractivity contribution in [3.63, 3.8) is 0 Å². The zero-order chi connectivity index (χ0) is 17.1. The number of rotatable bonds is 2. The van der Waals surface area contributed by atoms with Gasteiger partial charge in [-0.3, -0.25) is 0 Å². The van der Waals surface area contributed by atoms with Gasteiger partial charge in [-0.15, -0.1) is 0 Å². The third-order valence-electron chi connectivity index (χ3n) is 3.53. The average Bonchev–Trinajstić information content (AvgIpc) is 2.80. The summed E-state index contributed by atoms with van der Waals surface area (Å²) in [5, 5.41) is -3.53. The van der Waals surface area contributed by atoms with Gasteiger partial charge in [0, 0.05) is 0 Å². The Bertz CT molecular complexity index is 462. The van der Waals surface area contributed by atoms with Crippen molar-refractivity contribution >= 4 is 7.51 Å². The summed E-state index contributed by atoms with van der Waals surface area (Å²) in [5.74, 6) is -3.57.